The van der Waals surface area contributed by atoms with Crippen molar-refractivity contribution < 1.29 is 42.8 Å². The Kier molecular flexibility index (Phi) is 20.8. The molecule has 1 aliphatic rings. The van der Waals surface area contributed by atoms with Crippen LogP contribution in [0.4, 0.5) is 4.39 Å². The van der Waals surface area contributed by atoms with Crippen molar-refractivity contribution in [3.63, 3.8) is 0 Å². The number of hydrogen-bond acceptors (Lipinski definition) is 12. The largest absolute Gasteiger partial charge is 0.355 e. The Morgan fingerprint density at radius 1 is 0.791 bits per heavy atom. The maximum Gasteiger partial charge on any atom is 0.332 e. The van der Waals surface area contributed by atoms with Crippen molar-refractivity contribution in [2.24, 2.45) is 0 Å². The van der Waals surface area contributed by atoms with Crippen LogP contribution >= 0.6 is 21.6 Å². The summed E-state index contributed by atoms with van der Waals surface area (Å²) in [5, 5.41) is 14.6. The third-order valence-electron chi connectivity index (χ3n) is 11.0. The molecule has 4 aromatic rings. The topological polar surface area (TPSA) is 208 Å². The summed E-state index contributed by atoms with van der Waals surface area (Å²) in [5.41, 5.74) is 2.33. The molecule has 1 aromatic heterocycles. The lowest BCUT2D eigenvalue weighted by molar-refractivity contribution is -0.192. The number of piperazine rings is 1. The van der Waals surface area contributed by atoms with Crippen LogP contribution in [0.2, 0.25) is 0 Å². The third-order valence-corrected chi connectivity index (χ3v) is 13.4. The van der Waals surface area contributed by atoms with Gasteiger partial charge >= 0.3 is 5.97 Å². The van der Waals surface area contributed by atoms with E-state index in [-0.39, 0.29) is 80.7 Å². The van der Waals surface area contributed by atoms with Gasteiger partial charge in [-0.3, -0.25) is 28.8 Å². The van der Waals surface area contributed by atoms with E-state index >= 15 is 4.39 Å². The maximum absolute atomic E-state index is 15.1. The van der Waals surface area contributed by atoms with E-state index in [0.29, 0.717) is 76.9 Å². The smallest absolute Gasteiger partial charge is 0.332 e. The number of H-pyrrole nitrogens is 1. The highest BCUT2D eigenvalue weighted by Gasteiger charge is 2.28. The third kappa shape index (κ3) is 16.3. The van der Waals surface area contributed by atoms with Crippen LogP contribution in [0, 0.1) is 12.7 Å². The number of fused-ring (bicyclic) bond motifs is 1. The zero-order chi connectivity index (χ0) is 48.1. The van der Waals surface area contributed by atoms with Gasteiger partial charge in [-0.25, -0.2) is 14.3 Å². The number of carbonyl (C=O) groups excluding carboxylic acids is 7. The molecular formula is C48H58FN7O9S2. The molecule has 1 fully saturated rings. The molecule has 1 aliphatic heterocycles. The number of nitrogens with zero attached hydrogens (tertiary/aromatic N) is 4. The maximum atomic E-state index is 15.1. The zero-order valence-electron chi connectivity index (χ0n) is 37.9. The Hall–Kier alpha value is -6.08. The molecule has 0 spiro atoms. The van der Waals surface area contributed by atoms with Crippen molar-refractivity contribution >= 4 is 74.2 Å². The van der Waals surface area contributed by atoms with E-state index in [1.54, 1.807) is 69.0 Å². The van der Waals surface area contributed by atoms with Crippen LogP contribution < -0.4 is 16.2 Å². The fraction of sp³-hybridized carbons (Fsp3) is 0.438. The number of amides is 5. The molecule has 0 aliphatic carbocycles. The van der Waals surface area contributed by atoms with E-state index in [1.807, 2.05) is 13.0 Å². The van der Waals surface area contributed by atoms with Crippen LogP contribution in [0.1, 0.15) is 112 Å². The number of nitrogens with one attached hydrogen (secondary N) is 3. The fourth-order valence-corrected chi connectivity index (χ4v) is 9.26. The molecule has 0 radical (unpaired) electrons. The minimum absolute atomic E-state index is 0.00204. The summed E-state index contributed by atoms with van der Waals surface area (Å²) in [7, 11) is 4.54. The molecule has 67 heavy (non-hydrogen) atoms. The Bertz CT molecular complexity index is 2440. The van der Waals surface area contributed by atoms with Crippen LogP contribution in [0.5, 0.6) is 0 Å². The number of unbranched alkanes of at least 4 members (excludes halogenated alkanes) is 5. The number of rotatable bonds is 24. The van der Waals surface area contributed by atoms with Crippen LogP contribution in [0.25, 0.3) is 10.8 Å². The summed E-state index contributed by atoms with van der Waals surface area (Å²) >= 11 is 0. The number of aldehydes is 1. The van der Waals surface area contributed by atoms with E-state index in [2.05, 4.69) is 20.8 Å². The van der Waals surface area contributed by atoms with Crippen molar-refractivity contribution in [2.45, 2.75) is 77.6 Å². The van der Waals surface area contributed by atoms with Gasteiger partial charge in [0.1, 0.15) is 12.1 Å². The Balaban J connectivity index is 0.930. The number of aryl methyl sites for hydroxylation is 1. The van der Waals surface area contributed by atoms with E-state index < -0.39 is 23.6 Å². The number of aromatic amines is 1. The van der Waals surface area contributed by atoms with Gasteiger partial charge in [0.15, 0.2) is 0 Å². The van der Waals surface area contributed by atoms with Gasteiger partial charge in [0.05, 0.1) is 16.6 Å². The molecule has 0 unspecified atom stereocenters. The average Bonchev–Trinajstić information content (AvgIpc) is 3.33. The normalized spacial score (nSPS) is 12.4. The van der Waals surface area contributed by atoms with Crippen molar-refractivity contribution in [1.82, 2.24) is 35.7 Å². The highest BCUT2D eigenvalue weighted by molar-refractivity contribution is 8.76. The van der Waals surface area contributed by atoms with Crippen LogP contribution in [-0.2, 0) is 30.4 Å². The minimum atomic E-state index is -0.656. The number of hydrogen-bond donors (Lipinski definition) is 3. The molecule has 0 saturated carbocycles. The van der Waals surface area contributed by atoms with E-state index in [0.717, 1.165) is 42.7 Å². The molecule has 16 nitrogen and oxygen atoms in total. The molecule has 3 aromatic carbocycles. The molecule has 3 N–H and O–H groups in total. The Morgan fingerprint density at radius 3 is 2.12 bits per heavy atom. The number of aromatic nitrogens is 2. The first-order valence-corrected chi connectivity index (χ1v) is 25.0. The van der Waals surface area contributed by atoms with E-state index in [9.17, 15) is 38.4 Å². The summed E-state index contributed by atoms with van der Waals surface area (Å²) in [4.78, 5) is 107. The second kappa shape index (κ2) is 26.9. The minimum Gasteiger partial charge on any atom is -0.355 e. The summed E-state index contributed by atoms with van der Waals surface area (Å²) < 4.78 is 15.1. The summed E-state index contributed by atoms with van der Waals surface area (Å²) in [5.74, 6) is -1.26. The van der Waals surface area contributed by atoms with Gasteiger partial charge in [0.2, 0.25) is 5.91 Å². The summed E-state index contributed by atoms with van der Waals surface area (Å²) in [6, 6.07) is 16.4. The predicted molar refractivity (Wildman–Crippen MR) is 256 cm³/mol. The van der Waals surface area contributed by atoms with Gasteiger partial charge in [-0.2, -0.15) is 10.2 Å². The monoisotopic (exact) mass is 959 g/mol. The molecule has 0 atom stereocenters. The van der Waals surface area contributed by atoms with Gasteiger partial charge in [-0.05, 0) is 67.3 Å². The van der Waals surface area contributed by atoms with E-state index in [1.165, 1.54) is 24.1 Å². The van der Waals surface area contributed by atoms with Gasteiger partial charge in [-0.1, -0.05) is 71.5 Å². The quantitative estimate of drug-likeness (QED) is 0.0330. The predicted octanol–water partition coefficient (Wildman–Crippen LogP) is 5.80. The van der Waals surface area contributed by atoms with Crippen molar-refractivity contribution in [3.8, 4) is 0 Å². The van der Waals surface area contributed by atoms with Gasteiger partial charge < -0.3 is 30.1 Å². The number of hydroxylamine groups is 2. The lowest BCUT2D eigenvalue weighted by Gasteiger charge is -2.35. The molecule has 5 amide bonds. The molecule has 1 saturated heterocycles. The standard InChI is InChI=1S/C48H58FN7O9S2/c1-33-28-35(45(61)51-20-27-67-66-26-19-50-42(58)14-7-5-3-4-6-8-16-44(60)65-54(2)43(59)15-11-25-57)32-36(29-33)47(63)55-21-23-56(24-22-55)48(64)39-30-34(17-18-40(39)49)31-41-37-12-9-10-13-38(37)46(62)53-52-41/h9-10,12-13,17-18,25,28-30,32H,3-8,11,14-16,19-24,26-27,31H2,1-2H3,(H,50,58)(H,51,61)(H,53,62). The second-order valence-electron chi connectivity index (χ2n) is 16.1. The SMILES string of the molecule is Cc1cc(C(=O)NCCSSCCNC(=O)CCCCCCCCC(=O)ON(C)C(=O)CCC=O)cc(C(=O)N2CCN(C(=O)c3cc(Cc4n[nH]c(=O)c5ccccc45)ccc3F)CC2)c1. The number of benzene rings is 3. The zero-order valence-corrected chi connectivity index (χ0v) is 39.6. The number of carbonyl (C=O) groups is 7. The van der Waals surface area contributed by atoms with Gasteiger partial charge in [0.25, 0.3) is 29.2 Å². The fourth-order valence-electron chi connectivity index (χ4n) is 7.45. The summed E-state index contributed by atoms with van der Waals surface area (Å²) in [6.07, 6.45) is 6.70. The van der Waals surface area contributed by atoms with Crippen LogP contribution in [0.3, 0.4) is 0 Å². The Morgan fingerprint density at radius 2 is 1.42 bits per heavy atom. The van der Waals surface area contributed by atoms with Gasteiger partial charge in [-0.15, -0.1) is 0 Å². The summed E-state index contributed by atoms with van der Waals surface area (Å²) in [6.45, 7) is 3.62. The van der Waals surface area contributed by atoms with Crippen LogP contribution in [0.15, 0.2) is 65.5 Å². The first-order valence-electron chi connectivity index (χ1n) is 22.5. The lowest BCUT2D eigenvalue weighted by Crippen LogP contribution is -2.50. The molecule has 2 heterocycles. The molecule has 19 heteroatoms. The first-order chi connectivity index (χ1) is 32.3. The second-order valence-corrected chi connectivity index (χ2v) is 18.8. The van der Waals surface area contributed by atoms with E-state index in [4.69, 9.17) is 4.84 Å². The van der Waals surface area contributed by atoms with Gasteiger partial charge in [0, 0.05) is 106 Å². The molecule has 0 bridgehead atoms. The van der Waals surface area contributed by atoms with Crippen LogP contribution in [-0.4, -0.2) is 125 Å². The van der Waals surface area contributed by atoms with Crippen molar-refractivity contribution in [3.05, 3.63) is 110 Å². The molecular weight excluding hydrogens is 902 g/mol. The Labute approximate surface area is 396 Å². The van der Waals surface area contributed by atoms with Crippen molar-refractivity contribution in [2.75, 3.05) is 57.8 Å². The highest BCUT2D eigenvalue weighted by Crippen LogP contribution is 2.22. The molecule has 358 valence electrons. The average molecular weight is 960 g/mol. The molecule has 5 rings (SSSR count). The highest BCUT2D eigenvalue weighted by atomic mass is 33.1. The van der Waals surface area contributed by atoms with Crippen molar-refractivity contribution in [1.29, 1.82) is 0 Å². The first kappa shape index (κ1) is 51.9. The lowest BCUT2D eigenvalue weighted by atomic mass is 10.0. The number of halogens is 1.